The lowest BCUT2D eigenvalue weighted by Gasteiger charge is -2.35. The molecule has 35 heavy (non-hydrogen) atoms. The van der Waals surface area contributed by atoms with Gasteiger partial charge in [0.2, 0.25) is 0 Å². The summed E-state index contributed by atoms with van der Waals surface area (Å²) in [6.45, 7) is 5.77. The molecule has 1 saturated heterocycles. The van der Waals surface area contributed by atoms with Crippen molar-refractivity contribution in [2.45, 2.75) is 39.0 Å². The molecule has 0 saturated carbocycles. The Hall–Kier alpha value is -2.61. The monoisotopic (exact) mass is 490 g/mol. The molecule has 2 N–H and O–H groups in total. The zero-order valence-electron chi connectivity index (χ0n) is 21.0. The Balaban J connectivity index is 1.47. The third-order valence-corrected chi connectivity index (χ3v) is 8.10. The summed E-state index contributed by atoms with van der Waals surface area (Å²) >= 11 is 0. The molecule has 7 heteroatoms. The number of benzene rings is 1. The van der Waals surface area contributed by atoms with E-state index in [1.165, 1.54) is 36.9 Å². The van der Waals surface area contributed by atoms with Crippen LogP contribution in [0.4, 0.5) is 5.82 Å². The van der Waals surface area contributed by atoms with Gasteiger partial charge in [-0.1, -0.05) is 37.6 Å². The van der Waals surface area contributed by atoms with Crippen molar-refractivity contribution in [1.82, 2.24) is 19.4 Å². The zero-order valence-corrected chi connectivity index (χ0v) is 21.9. The van der Waals surface area contributed by atoms with Crippen molar-refractivity contribution in [2.75, 3.05) is 43.7 Å². The van der Waals surface area contributed by atoms with Gasteiger partial charge in [-0.3, -0.25) is 9.47 Å². The van der Waals surface area contributed by atoms with Crippen LogP contribution < -0.4 is 5.73 Å². The number of hydrogen-bond acceptors (Lipinski definition) is 5. The number of nitrogens with zero attached hydrogens (tertiary/aromatic N) is 4. The fourth-order valence-corrected chi connectivity index (χ4v) is 5.65. The van der Waals surface area contributed by atoms with E-state index in [0.29, 0.717) is 29.5 Å². The molecular formula is C28H36N5OS+. The summed E-state index contributed by atoms with van der Waals surface area (Å²) < 4.78 is 8.11. The lowest BCUT2D eigenvalue weighted by Crippen LogP contribution is -2.33. The first-order chi connectivity index (χ1) is 17.0. The van der Waals surface area contributed by atoms with Gasteiger partial charge in [-0.25, -0.2) is 9.97 Å². The molecule has 5 rings (SSSR count). The lowest BCUT2D eigenvalue weighted by molar-refractivity contribution is 0.0951. The Kier molecular flexibility index (Phi) is 7.27. The SMILES string of the molecule is CCN1CCCCC1c1ccc(-c2cnc3c(c2)c2cc(N)ncc2n3COCC[S+](C)C)cc1. The Morgan fingerprint density at radius 1 is 1.03 bits per heavy atom. The van der Waals surface area contributed by atoms with Gasteiger partial charge < -0.3 is 10.5 Å². The van der Waals surface area contributed by atoms with E-state index in [1.54, 1.807) is 0 Å². The standard InChI is InChI=1S/C28H36N5OS/c1-4-32-12-6-5-7-25(32)21-10-8-20(9-11-21)22-15-24-23-16-27(29)30-18-26(23)33(28(24)31-17-22)19-34-13-14-35(2)3/h8-11,15-18,25H,4-7,12-14,19H2,1-3H3,(H2,29,30)/q+1. The van der Waals surface area contributed by atoms with Crippen LogP contribution in [0.3, 0.4) is 0 Å². The van der Waals surface area contributed by atoms with Crippen LogP contribution >= 0.6 is 0 Å². The first kappa shape index (κ1) is 24.1. The summed E-state index contributed by atoms with van der Waals surface area (Å²) in [4.78, 5) is 11.8. The Morgan fingerprint density at radius 3 is 2.63 bits per heavy atom. The minimum Gasteiger partial charge on any atom is -0.384 e. The van der Waals surface area contributed by atoms with Crippen molar-refractivity contribution in [3.8, 4) is 11.1 Å². The number of likely N-dealkylation sites (tertiary alicyclic amines) is 1. The number of ether oxygens (including phenoxy) is 1. The Bertz CT molecular complexity index is 1300. The summed E-state index contributed by atoms with van der Waals surface area (Å²) in [6, 6.07) is 13.8. The highest BCUT2D eigenvalue weighted by Gasteiger charge is 2.22. The van der Waals surface area contributed by atoms with Crippen molar-refractivity contribution < 1.29 is 4.74 Å². The molecule has 4 aromatic rings. The number of nitrogens with two attached hydrogens (primary N) is 1. The number of anilines is 1. The minimum absolute atomic E-state index is 0.367. The molecule has 1 fully saturated rings. The maximum atomic E-state index is 6.06. The maximum absolute atomic E-state index is 6.06. The van der Waals surface area contributed by atoms with E-state index in [1.807, 2.05) is 18.5 Å². The minimum atomic E-state index is 0.367. The van der Waals surface area contributed by atoms with Crippen LogP contribution in [0.25, 0.3) is 33.1 Å². The van der Waals surface area contributed by atoms with Gasteiger partial charge >= 0.3 is 0 Å². The fraction of sp³-hybridized carbons (Fsp3) is 0.429. The molecule has 184 valence electrons. The summed E-state index contributed by atoms with van der Waals surface area (Å²) in [7, 11) is 0.367. The predicted octanol–water partition coefficient (Wildman–Crippen LogP) is 5.23. The molecule has 0 radical (unpaired) electrons. The molecule has 0 amide bonds. The van der Waals surface area contributed by atoms with Crippen LogP contribution in [0.15, 0.2) is 48.8 Å². The second-order valence-corrected chi connectivity index (χ2v) is 12.0. The highest BCUT2D eigenvalue weighted by Crippen LogP contribution is 2.34. The first-order valence-electron chi connectivity index (χ1n) is 12.5. The smallest absolute Gasteiger partial charge is 0.142 e. The van der Waals surface area contributed by atoms with E-state index in [0.717, 1.165) is 46.4 Å². The topological polar surface area (TPSA) is 69.2 Å². The Labute approximate surface area is 210 Å². The second-order valence-electron chi connectivity index (χ2n) is 9.64. The molecule has 1 aliphatic heterocycles. The molecule has 3 aromatic heterocycles. The van der Waals surface area contributed by atoms with Gasteiger partial charge in [-0.05, 0) is 60.1 Å². The second kappa shape index (κ2) is 10.6. The van der Waals surface area contributed by atoms with Crippen LogP contribution in [-0.2, 0) is 22.4 Å². The number of hydrogen-bond donors (Lipinski definition) is 1. The molecule has 1 atom stereocenters. The average molecular weight is 491 g/mol. The average Bonchev–Trinajstić information content (AvgIpc) is 3.18. The summed E-state index contributed by atoms with van der Waals surface area (Å²) in [5, 5.41) is 2.14. The molecule has 1 unspecified atom stereocenters. The molecule has 6 nitrogen and oxygen atoms in total. The summed E-state index contributed by atoms with van der Waals surface area (Å²) in [5.74, 6) is 1.58. The van der Waals surface area contributed by atoms with Gasteiger partial charge in [0.05, 0.1) is 30.8 Å². The number of pyridine rings is 2. The van der Waals surface area contributed by atoms with E-state index in [9.17, 15) is 0 Å². The Morgan fingerprint density at radius 2 is 1.86 bits per heavy atom. The van der Waals surface area contributed by atoms with Crippen molar-refractivity contribution >= 4 is 38.6 Å². The molecule has 0 aliphatic carbocycles. The molecular weight excluding hydrogens is 454 g/mol. The fourth-order valence-electron chi connectivity index (χ4n) is 5.19. The van der Waals surface area contributed by atoms with E-state index in [2.05, 4.69) is 64.2 Å². The van der Waals surface area contributed by atoms with Crippen LogP contribution in [-0.4, -0.2) is 57.4 Å². The van der Waals surface area contributed by atoms with E-state index < -0.39 is 0 Å². The first-order valence-corrected chi connectivity index (χ1v) is 14.8. The van der Waals surface area contributed by atoms with Crippen LogP contribution in [0.2, 0.25) is 0 Å². The van der Waals surface area contributed by atoms with E-state index in [-0.39, 0.29) is 0 Å². The van der Waals surface area contributed by atoms with Gasteiger partial charge in [0.15, 0.2) is 0 Å². The number of piperidine rings is 1. The number of rotatable bonds is 8. The molecule has 4 heterocycles. The van der Waals surface area contributed by atoms with Gasteiger partial charge in [0.1, 0.15) is 23.9 Å². The quantitative estimate of drug-likeness (QED) is 0.270. The maximum Gasteiger partial charge on any atom is 0.142 e. The number of nitrogen functional groups attached to an aromatic ring is 1. The predicted molar refractivity (Wildman–Crippen MR) is 149 cm³/mol. The van der Waals surface area contributed by atoms with Crippen LogP contribution in [0.1, 0.15) is 37.8 Å². The molecule has 0 bridgehead atoms. The van der Waals surface area contributed by atoms with Gasteiger partial charge in [-0.2, -0.15) is 0 Å². The van der Waals surface area contributed by atoms with Crippen molar-refractivity contribution in [3.63, 3.8) is 0 Å². The van der Waals surface area contributed by atoms with Gasteiger partial charge in [0.25, 0.3) is 0 Å². The zero-order chi connectivity index (χ0) is 24.4. The van der Waals surface area contributed by atoms with Crippen LogP contribution in [0.5, 0.6) is 0 Å². The summed E-state index contributed by atoms with van der Waals surface area (Å²) in [5.41, 5.74) is 11.7. The molecule has 0 spiro atoms. The lowest BCUT2D eigenvalue weighted by atomic mass is 9.94. The largest absolute Gasteiger partial charge is 0.384 e. The highest BCUT2D eigenvalue weighted by atomic mass is 32.2. The third kappa shape index (κ3) is 5.03. The van der Waals surface area contributed by atoms with Crippen molar-refractivity contribution in [2.24, 2.45) is 0 Å². The molecule has 1 aromatic carbocycles. The van der Waals surface area contributed by atoms with Gasteiger partial charge in [0, 0.05) is 28.6 Å². The van der Waals surface area contributed by atoms with Gasteiger partial charge in [-0.15, -0.1) is 0 Å². The van der Waals surface area contributed by atoms with E-state index >= 15 is 0 Å². The third-order valence-electron chi connectivity index (χ3n) is 7.11. The highest BCUT2D eigenvalue weighted by molar-refractivity contribution is 7.95. The molecule has 1 aliphatic rings. The van der Waals surface area contributed by atoms with Crippen LogP contribution in [0, 0.1) is 0 Å². The number of fused-ring (bicyclic) bond motifs is 3. The van der Waals surface area contributed by atoms with E-state index in [4.69, 9.17) is 15.5 Å². The number of aromatic nitrogens is 3. The summed E-state index contributed by atoms with van der Waals surface area (Å²) in [6.07, 6.45) is 12.1. The van der Waals surface area contributed by atoms with Crippen molar-refractivity contribution in [1.29, 1.82) is 0 Å². The van der Waals surface area contributed by atoms with Crippen molar-refractivity contribution in [3.05, 3.63) is 54.4 Å². The normalized spacial score (nSPS) is 17.1.